The minimum Gasteiger partial charge on any atom is -0.454 e. The monoisotopic (exact) mass is 508 g/mol. The maximum absolute atomic E-state index is 13.1. The molecule has 0 fully saturated rings. The molecule has 192 valence electrons. The summed E-state index contributed by atoms with van der Waals surface area (Å²) in [4.78, 5) is 18.4. The first-order chi connectivity index (χ1) is 18.5. The summed E-state index contributed by atoms with van der Waals surface area (Å²) in [5.74, 6) is 2.19. The number of nitrogens with zero attached hydrogens (tertiary/aromatic N) is 5. The largest absolute Gasteiger partial charge is 0.454 e. The Bertz CT molecular complexity index is 1660. The van der Waals surface area contributed by atoms with Crippen LogP contribution in [0.3, 0.4) is 0 Å². The minimum absolute atomic E-state index is 0.0953. The number of benzene rings is 3. The van der Waals surface area contributed by atoms with Gasteiger partial charge in [0.2, 0.25) is 6.79 Å². The zero-order valence-electron chi connectivity index (χ0n) is 21.3. The maximum Gasteiger partial charge on any atom is 0.252 e. The highest BCUT2D eigenvalue weighted by Gasteiger charge is 2.19. The number of hydrogen-bond donors (Lipinski definition) is 1. The first-order valence-corrected chi connectivity index (χ1v) is 12.5. The third-order valence-electron chi connectivity index (χ3n) is 6.77. The van der Waals surface area contributed by atoms with Gasteiger partial charge in [-0.2, -0.15) is 0 Å². The van der Waals surface area contributed by atoms with E-state index >= 15 is 0 Å². The van der Waals surface area contributed by atoms with E-state index in [4.69, 9.17) is 9.47 Å². The molecule has 2 aromatic heterocycles. The van der Waals surface area contributed by atoms with E-state index in [1.807, 2.05) is 55.5 Å². The molecule has 9 heteroatoms. The van der Waals surface area contributed by atoms with Crippen LogP contribution in [0.2, 0.25) is 0 Å². The van der Waals surface area contributed by atoms with Gasteiger partial charge in [0.15, 0.2) is 17.3 Å². The Balaban J connectivity index is 1.32. The lowest BCUT2D eigenvalue weighted by Gasteiger charge is -2.22. The van der Waals surface area contributed by atoms with E-state index in [-0.39, 0.29) is 12.4 Å². The topological polar surface area (TPSA) is 98.2 Å². The summed E-state index contributed by atoms with van der Waals surface area (Å²) < 4.78 is 12.9. The second kappa shape index (κ2) is 10.1. The van der Waals surface area contributed by atoms with E-state index in [0.29, 0.717) is 31.7 Å². The van der Waals surface area contributed by atoms with Crippen molar-refractivity contribution in [3.63, 3.8) is 0 Å². The predicted molar refractivity (Wildman–Crippen MR) is 143 cm³/mol. The second-order valence-electron chi connectivity index (χ2n) is 9.74. The summed E-state index contributed by atoms with van der Waals surface area (Å²) >= 11 is 0. The zero-order chi connectivity index (χ0) is 26.1. The van der Waals surface area contributed by atoms with E-state index in [1.165, 1.54) is 0 Å². The molecule has 0 bridgehead atoms. The van der Waals surface area contributed by atoms with Gasteiger partial charge in [0.25, 0.3) is 5.56 Å². The number of aromatic amines is 1. The van der Waals surface area contributed by atoms with Crippen molar-refractivity contribution in [1.29, 1.82) is 0 Å². The minimum atomic E-state index is -0.0953. The lowest BCUT2D eigenvalue weighted by atomic mass is 10.0. The number of nitrogens with one attached hydrogen (secondary N) is 1. The van der Waals surface area contributed by atoms with Crippen molar-refractivity contribution in [3.05, 3.63) is 111 Å². The van der Waals surface area contributed by atoms with Crippen molar-refractivity contribution in [2.24, 2.45) is 0 Å². The van der Waals surface area contributed by atoms with Gasteiger partial charge in [0.05, 0.1) is 13.1 Å². The number of tetrazole rings is 1. The van der Waals surface area contributed by atoms with Crippen molar-refractivity contribution in [2.45, 2.75) is 40.0 Å². The summed E-state index contributed by atoms with van der Waals surface area (Å²) in [5.41, 5.74) is 5.85. The SMILES string of the molecule is Cc1cc(C)c2cc(CN(Cc3ccc4c(c3)OCO4)Cc3nnnn3Cc3ccccc3)c(=O)[nH]c2c1. The fraction of sp³-hybridized carbons (Fsp3) is 0.241. The smallest absolute Gasteiger partial charge is 0.252 e. The van der Waals surface area contributed by atoms with Crippen LogP contribution in [0.15, 0.2) is 71.5 Å². The van der Waals surface area contributed by atoms with Crippen molar-refractivity contribution in [2.75, 3.05) is 6.79 Å². The standard InChI is InChI=1S/C29H28N6O3/c1-19-10-20(2)24-13-23(29(36)30-25(24)11-19)16-34(14-22-8-9-26-27(12-22)38-18-37-26)17-28-31-32-33-35(28)15-21-6-4-3-5-7-21/h3-13H,14-18H2,1-2H3,(H,30,36). The third kappa shape index (κ3) is 5.01. The molecule has 6 rings (SSSR count). The first-order valence-electron chi connectivity index (χ1n) is 12.5. The van der Waals surface area contributed by atoms with Crippen LogP contribution >= 0.6 is 0 Å². The third-order valence-corrected chi connectivity index (χ3v) is 6.77. The number of fused-ring (bicyclic) bond motifs is 2. The molecule has 0 spiro atoms. The molecular weight excluding hydrogens is 480 g/mol. The maximum atomic E-state index is 13.1. The normalized spacial score (nSPS) is 12.5. The molecule has 5 aromatic rings. The van der Waals surface area contributed by atoms with Gasteiger partial charge in [-0.3, -0.25) is 9.69 Å². The number of hydrogen-bond acceptors (Lipinski definition) is 7. The molecule has 0 saturated heterocycles. The molecule has 9 nitrogen and oxygen atoms in total. The molecule has 0 saturated carbocycles. The van der Waals surface area contributed by atoms with E-state index in [9.17, 15) is 4.79 Å². The molecule has 3 heterocycles. The molecule has 0 unspecified atom stereocenters. The van der Waals surface area contributed by atoms with Crippen molar-refractivity contribution >= 4 is 10.9 Å². The summed E-state index contributed by atoms with van der Waals surface area (Å²) in [6, 6.07) is 22.2. The Labute approximate surface area is 219 Å². The molecule has 1 N–H and O–H groups in total. The predicted octanol–water partition coefficient (Wildman–Crippen LogP) is 4.11. The Hall–Kier alpha value is -4.50. The first kappa shape index (κ1) is 23.9. The zero-order valence-corrected chi connectivity index (χ0v) is 21.3. The molecule has 0 amide bonds. The van der Waals surface area contributed by atoms with Gasteiger partial charge in [0, 0.05) is 29.6 Å². The van der Waals surface area contributed by atoms with Crippen molar-refractivity contribution in [1.82, 2.24) is 30.1 Å². The van der Waals surface area contributed by atoms with E-state index in [0.717, 1.165) is 50.5 Å². The van der Waals surface area contributed by atoms with Gasteiger partial charge in [-0.15, -0.1) is 5.10 Å². The Morgan fingerprint density at radius 3 is 2.63 bits per heavy atom. The average Bonchev–Trinajstić information content (AvgIpc) is 3.54. The summed E-state index contributed by atoms with van der Waals surface area (Å²) in [5, 5.41) is 13.5. The number of ether oxygens (including phenoxy) is 2. The highest BCUT2D eigenvalue weighted by Crippen LogP contribution is 2.33. The number of aryl methyl sites for hydroxylation is 2. The number of pyridine rings is 1. The van der Waals surface area contributed by atoms with Crippen LogP contribution in [-0.2, 0) is 26.2 Å². The molecule has 38 heavy (non-hydrogen) atoms. The van der Waals surface area contributed by atoms with Crippen LogP contribution in [0.25, 0.3) is 10.9 Å². The Morgan fingerprint density at radius 2 is 1.76 bits per heavy atom. The highest BCUT2D eigenvalue weighted by molar-refractivity contribution is 5.83. The molecular formula is C29H28N6O3. The molecule has 1 aliphatic heterocycles. The lowest BCUT2D eigenvalue weighted by molar-refractivity contribution is 0.174. The summed E-state index contributed by atoms with van der Waals surface area (Å²) in [7, 11) is 0. The molecule has 0 atom stereocenters. The van der Waals surface area contributed by atoms with Gasteiger partial charge in [0.1, 0.15) is 0 Å². The van der Waals surface area contributed by atoms with Crippen LogP contribution < -0.4 is 15.0 Å². The van der Waals surface area contributed by atoms with Crippen LogP contribution in [0, 0.1) is 13.8 Å². The van der Waals surface area contributed by atoms with E-state index in [1.54, 1.807) is 4.68 Å². The lowest BCUT2D eigenvalue weighted by Crippen LogP contribution is -2.28. The fourth-order valence-corrected chi connectivity index (χ4v) is 4.96. The van der Waals surface area contributed by atoms with Gasteiger partial charge in [-0.1, -0.05) is 42.5 Å². The second-order valence-corrected chi connectivity index (χ2v) is 9.74. The van der Waals surface area contributed by atoms with E-state index in [2.05, 4.69) is 50.5 Å². The Morgan fingerprint density at radius 1 is 0.921 bits per heavy atom. The average molecular weight is 509 g/mol. The number of rotatable bonds is 8. The van der Waals surface area contributed by atoms with Gasteiger partial charge < -0.3 is 14.5 Å². The fourth-order valence-electron chi connectivity index (χ4n) is 4.96. The van der Waals surface area contributed by atoms with Crippen LogP contribution in [-0.4, -0.2) is 36.9 Å². The molecule has 0 radical (unpaired) electrons. The molecule has 1 aliphatic rings. The highest BCUT2D eigenvalue weighted by atomic mass is 16.7. The van der Waals surface area contributed by atoms with Gasteiger partial charge in [-0.05, 0) is 70.8 Å². The summed E-state index contributed by atoms with van der Waals surface area (Å²) in [6.45, 7) is 6.34. The summed E-state index contributed by atoms with van der Waals surface area (Å²) in [6.07, 6.45) is 0. The Kier molecular flexibility index (Phi) is 6.35. The number of H-pyrrole nitrogens is 1. The van der Waals surface area contributed by atoms with Gasteiger partial charge >= 0.3 is 0 Å². The molecule has 3 aromatic carbocycles. The van der Waals surface area contributed by atoms with Crippen molar-refractivity contribution < 1.29 is 9.47 Å². The van der Waals surface area contributed by atoms with Gasteiger partial charge in [-0.25, -0.2) is 4.68 Å². The molecule has 0 aliphatic carbocycles. The van der Waals surface area contributed by atoms with Crippen LogP contribution in [0.1, 0.15) is 33.6 Å². The quantitative estimate of drug-likeness (QED) is 0.337. The van der Waals surface area contributed by atoms with E-state index < -0.39 is 0 Å². The number of aromatic nitrogens is 5. The van der Waals surface area contributed by atoms with Crippen LogP contribution in [0.4, 0.5) is 0 Å². The van der Waals surface area contributed by atoms with Crippen LogP contribution in [0.5, 0.6) is 11.5 Å². The van der Waals surface area contributed by atoms with Crippen molar-refractivity contribution in [3.8, 4) is 11.5 Å².